The molecule has 0 saturated heterocycles. The third-order valence-electron chi connectivity index (χ3n) is 4.27. The van der Waals surface area contributed by atoms with Crippen molar-refractivity contribution in [3.8, 4) is 0 Å². The van der Waals surface area contributed by atoms with Gasteiger partial charge in [-0.25, -0.2) is 13.1 Å². The first kappa shape index (κ1) is 20.5. The molecule has 1 aliphatic carbocycles. The molecule has 4 nitrogen and oxygen atoms in total. The van der Waals surface area contributed by atoms with Gasteiger partial charge in [-0.3, -0.25) is 0 Å². The molecule has 26 heavy (non-hydrogen) atoms. The zero-order chi connectivity index (χ0) is 18.2. The topological polar surface area (TPSA) is 72.2 Å². The van der Waals surface area contributed by atoms with Crippen LogP contribution in [0.2, 0.25) is 0 Å². The molecule has 0 aromatic heterocycles. The number of alkyl halides is 3. The Morgan fingerprint density at radius 3 is 2.35 bits per heavy atom. The summed E-state index contributed by atoms with van der Waals surface area (Å²) in [5, 5.41) is 0. The third-order valence-corrected chi connectivity index (χ3v) is 5.76. The molecule has 1 aliphatic rings. The van der Waals surface area contributed by atoms with E-state index in [4.69, 9.17) is 5.73 Å². The molecule has 1 atom stereocenters. The smallest absolute Gasteiger partial charge is 0.399 e. The number of anilines is 1. The van der Waals surface area contributed by atoms with Crippen molar-refractivity contribution in [2.75, 3.05) is 5.73 Å². The number of fused-ring (bicyclic) bond motifs is 1. The van der Waals surface area contributed by atoms with Crippen molar-refractivity contribution < 1.29 is 21.6 Å². The molecule has 0 radical (unpaired) electrons. The van der Waals surface area contributed by atoms with Gasteiger partial charge >= 0.3 is 6.18 Å². The summed E-state index contributed by atoms with van der Waals surface area (Å²) in [6.45, 7) is 0. The van der Waals surface area contributed by atoms with Crippen LogP contribution in [0.3, 0.4) is 0 Å². The lowest BCUT2D eigenvalue weighted by molar-refractivity contribution is -0.137. The highest BCUT2D eigenvalue weighted by atomic mass is 35.5. The first-order valence-corrected chi connectivity index (χ1v) is 9.23. The second-order valence-electron chi connectivity index (χ2n) is 6.05. The number of hydrogen-bond donors (Lipinski definition) is 2. The van der Waals surface area contributed by atoms with Crippen LogP contribution in [0.15, 0.2) is 47.4 Å². The van der Waals surface area contributed by atoms with E-state index in [1.807, 2.05) is 6.07 Å². The molecular formula is C17H18ClF3N2O2S. The average Bonchev–Trinajstić information content (AvgIpc) is 2.54. The second kappa shape index (κ2) is 7.46. The van der Waals surface area contributed by atoms with Crippen molar-refractivity contribution in [1.82, 2.24) is 4.72 Å². The van der Waals surface area contributed by atoms with Crippen LogP contribution >= 0.6 is 12.4 Å². The summed E-state index contributed by atoms with van der Waals surface area (Å²) < 4.78 is 65.5. The largest absolute Gasteiger partial charge is 0.416 e. The molecule has 0 bridgehead atoms. The van der Waals surface area contributed by atoms with Gasteiger partial charge in [0.15, 0.2) is 0 Å². The molecule has 0 fully saturated rings. The van der Waals surface area contributed by atoms with Gasteiger partial charge in [-0.05, 0) is 66.8 Å². The molecule has 142 valence electrons. The van der Waals surface area contributed by atoms with Crippen LogP contribution in [0.4, 0.5) is 18.9 Å². The third kappa shape index (κ3) is 4.31. The summed E-state index contributed by atoms with van der Waals surface area (Å²) in [6.07, 6.45) is -2.26. The van der Waals surface area contributed by atoms with Crippen molar-refractivity contribution in [3.05, 3.63) is 59.2 Å². The highest BCUT2D eigenvalue weighted by molar-refractivity contribution is 7.89. The Bertz CT molecular complexity index is 884. The van der Waals surface area contributed by atoms with Gasteiger partial charge in [-0.15, -0.1) is 12.4 Å². The van der Waals surface area contributed by atoms with E-state index in [9.17, 15) is 21.6 Å². The molecule has 0 heterocycles. The number of hydrogen-bond acceptors (Lipinski definition) is 3. The van der Waals surface area contributed by atoms with Gasteiger partial charge in [-0.1, -0.05) is 6.07 Å². The van der Waals surface area contributed by atoms with E-state index in [0.29, 0.717) is 12.1 Å². The van der Waals surface area contributed by atoms with Crippen LogP contribution in [-0.4, -0.2) is 8.42 Å². The fraction of sp³-hybridized carbons (Fsp3) is 0.294. The summed E-state index contributed by atoms with van der Waals surface area (Å²) in [5.41, 5.74) is 7.35. The minimum Gasteiger partial charge on any atom is -0.399 e. The van der Waals surface area contributed by atoms with E-state index in [2.05, 4.69) is 4.72 Å². The summed E-state index contributed by atoms with van der Waals surface area (Å²) in [4.78, 5) is -0.192. The number of halogens is 4. The van der Waals surface area contributed by atoms with Crippen LogP contribution in [0.25, 0.3) is 0 Å². The van der Waals surface area contributed by atoms with Crippen LogP contribution < -0.4 is 10.5 Å². The van der Waals surface area contributed by atoms with Gasteiger partial charge < -0.3 is 5.73 Å². The molecule has 0 spiro atoms. The quantitative estimate of drug-likeness (QED) is 0.755. The Labute approximate surface area is 156 Å². The molecule has 2 aromatic rings. The standard InChI is InChI=1S/C17H17F3N2O2S.ClH/c18-17(19,20)12-4-7-14(8-5-12)25(23,24)22-16-3-1-2-11-10-13(21)6-9-15(11)16;/h4-10,16,22H,1-3,21H2;1H. The van der Waals surface area contributed by atoms with E-state index < -0.39 is 27.8 Å². The molecule has 3 N–H and O–H groups in total. The van der Waals surface area contributed by atoms with Crippen molar-refractivity contribution in [3.63, 3.8) is 0 Å². The normalized spacial score (nSPS) is 17.3. The van der Waals surface area contributed by atoms with Crippen molar-refractivity contribution in [2.45, 2.75) is 36.4 Å². The lowest BCUT2D eigenvalue weighted by Crippen LogP contribution is -2.31. The maximum absolute atomic E-state index is 12.6. The molecule has 0 aliphatic heterocycles. The molecule has 3 rings (SSSR count). The highest BCUT2D eigenvalue weighted by Crippen LogP contribution is 2.33. The highest BCUT2D eigenvalue weighted by Gasteiger charge is 2.31. The Morgan fingerprint density at radius 1 is 1.08 bits per heavy atom. The lowest BCUT2D eigenvalue weighted by atomic mass is 9.88. The van der Waals surface area contributed by atoms with Crippen LogP contribution in [-0.2, 0) is 22.6 Å². The predicted octanol–water partition coefficient (Wildman–Crippen LogP) is 4.07. The monoisotopic (exact) mass is 406 g/mol. The zero-order valence-corrected chi connectivity index (χ0v) is 15.2. The Kier molecular flexibility index (Phi) is 5.89. The van der Waals surface area contributed by atoms with E-state index in [0.717, 1.165) is 48.2 Å². The number of rotatable bonds is 3. The molecule has 0 amide bonds. The summed E-state index contributed by atoms with van der Waals surface area (Å²) in [6, 6.07) is 8.39. The summed E-state index contributed by atoms with van der Waals surface area (Å²) in [5.74, 6) is 0. The van der Waals surface area contributed by atoms with Gasteiger partial charge in [0, 0.05) is 11.7 Å². The maximum atomic E-state index is 12.6. The minimum absolute atomic E-state index is 0. The SMILES string of the molecule is Cl.Nc1ccc2c(c1)CCCC2NS(=O)(=O)c1ccc(C(F)(F)F)cc1. The van der Waals surface area contributed by atoms with E-state index >= 15 is 0 Å². The number of nitrogen functional groups attached to an aromatic ring is 1. The number of sulfonamides is 1. The lowest BCUT2D eigenvalue weighted by Gasteiger charge is -2.26. The first-order chi connectivity index (χ1) is 11.7. The van der Waals surface area contributed by atoms with Crippen LogP contribution in [0.5, 0.6) is 0 Å². The first-order valence-electron chi connectivity index (χ1n) is 7.75. The van der Waals surface area contributed by atoms with Crippen molar-refractivity contribution in [2.24, 2.45) is 0 Å². The molecule has 2 aromatic carbocycles. The predicted molar refractivity (Wildman–Crippen MR) is 95.5 cm³/mol. The van der Waals surface area contributed by atoms with Crippen molar-refractivity contribution in [1.29, 1.82) is 0 Å². The van der Waals surface area contributed by atoms with E-state index in [1.54, 1.807) is 12.1 Å². The Morgan fingerprint density at radius 2 is 1.73 bits per heavy atom. The number of nitrogens with two attached hydrogens (primary N) is 1. The number of benzene rings is 2. The second-order valence-corrected chi connectivity index (χ2v) is 7.76. The fourth-order valence-corrected chi connectivity index (χ4v) is 4.28. The fourth-order valence-electron chi connectivity index (χ4n) is 3.04. The summed E-state index contributed by atoms with van der Waals surface area (Å²) in [7, 11) is -3.92. The summed E-state index contributed by atoms with van der Waals surface area (Å²) >= 11 is 0. The Balaban J connectivity index is 0.00000243. The van der Waals surface area contributed by atoms with E-state index in [1.165, 1.54) is 0 Å². The number of nitrogens with one attached hydrogen (secondary N) is 1. The van der Waals surface area contributed by atoms with Gasteiger partial charge in [0.1, 0.15) is 0 Å². The average molecular weight is 407 g/mol. The maximum Gasteiger partial charge on any atom is 0.416 e. The number of aryl methyl sites for hydroxylation is 1. The molecule has 9 heteroatoms. The van der Waals surface area contributed by atoms with Crippen LogP contribution in [0.1, 0.15) is 35.6 Å². The zero-order valence-electron chi connectivity index (χ0n) is 13.6. The molecule has 0 saturated carbocycles. The van der Waals surface area contributed by atoms with Gasteiger partial charge in [0.2, 0.25) is 10.0 Å². The molecular weight excluding hydrogens is 389 g/mol. The molecule has 1 unspecified atom stereocenters. The van der Waals surface area contributed by atoms with Gasteiger partial charge in [-0.2, -0.15) is 13.2 Å². The minimum atomic E-state index is -4.50. The van der Waals surface area contributed by atoms with Crippen molar-refractivity contribution >= 4 is 28.1 Å². The van der Waals surface area contributed by atoms with Gasteiger partial charge in [0.05, 0.1) is 10.5 Å². The van der Waals surface area contributed by atoms with Gasteiger partial charge in [0.25, 0.3) is 0 Å². The van der Waals surface area contributed by atoms with E-state index in [-0.39, 0.29) is 17.3 Å². The van der Waals surface area contributed by atoms with Crippen LogP contribution in [0, 0.1) is 0 Å². The Hall–Kier alpha value is -1.77.